The molecular formula is C22H23NO3. The van der Waals surface area contributed by atoms with Gasteiger partial charge in [-0.25, -0.2) is 0 Å². The Kier molecular flexibility index (Phi) is 6.06. The summed E-state index contributed by atoms with van der Waals surface area (Å²) in [5, 5.41) is 0. The molecule has 3 rings (SSSR count). The van der Waals surface area contributed by atoms with Gasteiger partial charge < -0.3 is 14.4 Å². The number of fused-ring (bicyclic) bond motifs is 2. The summed E-state index contributed by atoms with van der Waals surface area (Å²) in [6, 6.07) is 15.6. The Morgan fingerprint density at radius 3 is 2.54 bits per heavy atom. The molecule has 1 heterocycles. The lowest BCUT2D eigenvalue weighted by Crippen LogP contribution is -2.35. The minimum Gasteiger partial charge on any atom is -0.376 e. The van der Waals surface area contributed by atoms with Crippen molar-refractivity contribution in [2.45, 2.75) is 26.5 Å². The minimum atomic E-state index is -0.0829. The highest BCUT2D eigenvalue weighted by atomic mass is 16.5. The van der Waals surface area contributed by atoms with Gasteiger partial charge in [-0.15, -0.1) is 0 Å². The molecule has 0 saturated carbocycles. The van der Waals surface area contributed by atoms with Gasteiger partial charge in [0.1, 0.15) is 6.61 Å². The SMILES string of the molecule is CC(C)OCCOCC(=O)N1Cc2ccccc2C#Cc2ccccc21. The number of hydrogen-bond donors (Lipinski definition) is 0. The second-order valence-corrected chi connectivity index (χ2v) is 6.38. The number of rotatable bonds is 6. The summed E-state index contributed by atoms with van der Waals surface area (Å²) < 4.78 is 11.0. The zero-order chi connectivity index (χ0) is 18.4. The smallest absolute Gasteiger partial charge is 0.253 e. The average Bonchev–Trinajstić information content (AvgIpc) is 2.63. The first-order chi connectivity index (χ1) is 12.6. The van der Waals surface area contributed by atoms with E-state index in [1.54, 1.807) is 4.90 Å². The lowest BCUT2D eigenvalue weighted by atomic mass is 10.0. The summed E-state index contributed by atoms with van der Waals surface area (Å²) in [6.45, 7) is 5.32. The Labute approximate surface area is 154 Å². The number of hydrogen-bond acceptors (Lipinski definition) is 3. The molecule has 0 unspecified atom stereocenters. The molecule has 0 aliphatic carbocycles. The molecule has 0 aromatic heterocycles. The van der Waals surface area contributed by atoms with E-state index in [4.69, 9.17) is 9.47 Å². The Bertz CT molecular complexity index is 833. The molecule has 4 nitrogen and oxygen atoms in total. The summed E-state index contributed by atoms with van der Waals surface area (Å²) >= 11 is 0. The fourth-order valence-corrected chi connectivity index (χ4v) is 2.79. The van der Waals surface area contributed by atoms with E-state index in [9.17, 15) is 4.79 Å². The predicted molar refractivity (Wildman–Crippen MR) is 102 cm³/mol. The number of nitrogens with zero attached hydrogens (tertiary/aromatic N) is 1. The summed E-state index contributed by atoms with van der Waals surface area (Å²) in [6.07, 6.45) is 0.158. The number of carbonyl (C=O) groups is 1. The van der Waals surface area contributed by atoms with E-state index in [0.717, 1.165) is 22.4 Å². The third-order valence-electron chi connectivity index (χ3n) is 4.08. The van der Waals surface area contributed by atoms with Crippen LogP contribution in [0.25, 0.3) is 0 Å². The molecule has 134 valence electrons. The van der Waals surface area contributed by atoms with Gasteiger partial charge >= 0.3 is 0 Å². The van der Waals surface area contributed by atoms with Crippen LogP contribution in [0.3, 0.4) is 0 Å². The molecule has 1 aliphatic rings. The lowest BCUT2D eigenvalue weighted by Gasteiger charge is -2.26. The van der Waals surface area contributed by atoms with Crippen molar-refractivity contribution < 1.29 is 14.3 Å². The first kappa shape index (κ1) is 18.2. The summed E-state index contributed by atoms with van der Waals surface area (Å²) in [5.74, 6) is 6.32. The molecule has 1 amide bonds. The third kappa shape index (κ3) is 4.51. The van der Waals surface area contributed by atoms with Gasteiger partial charge in [0.2, 0.25) is 0 Å². The summed E-state index contributed by atoms with van der Waals surface area (Å²) in [7, 11) is 0. The lowest BCUT2D eigenvalue weighted by molar-refractivity contribution is -0.123. The molecule has 0 saturated heterocycles. The van der Waals surface area contributed by atoms with Crippen molar-refractivity contribution in [1.29, 1.82) is 0 Å². The van der Waals surface area contributed by atoms with Crippen molar-refractivity contribution in [2.75, 3.05) is 24.7 Å². The first-order valence-corrected chi connectivity index (χ1v) is 8.84. The minimum absolute atomic E-state index is 0.0192. The molecular weight excluding hydrogens is 326 g/mol. The van der Waals surface area contributed by atoms with Crippen molar-refractivity contribution in [2.24, 2.45) is 0 Å². The number of anilines is 1. The highest BCUT2D eigenvalue weighted by Crippen LogP contribution is 2.25. The monoisotopic (exact) mass is 349 g/mol. The molecule has 2 aromatic rings. The number of carbonyl (C=O) groups excluding carboxylic acids is 1. The summed E-state index contributed by atoms with van der Waals surface area (Å²) in [4.78, 5) is 14.6. The maximum Gasteiger partial charge on any atom is 0.253 e. The average molecular weight is 349 g/mol. The molecule has 0 N–H and O–H groups in total. The Morgan fingerprint density at radius 1 is 1.04 bits per heavy atom. The third-order valence-corrected chi connectivity index (χ3v) is 4.08. The van der Waals surface area contributed by atoms with Crippen LogP contribution in [0.15, 0.2) is 48.5 Å². The van der Waals surface area contributed by atoms with Crippen LogP contribution >= 0.6 is 0 Å². The largest absolute Gasteiger partial charge is 0.376 e. The van der Waals surface area contributed by atoms with E-state index < -0.39 is 0 Å². The van der Waals surface area contributed by atoms with Crippen LogP contribution < -0.4 is 4.90 Å². The van der Waals surface area contributed by atoms with Crippen molar-refractivity contribution in [3.8, 4) is 11.8 Å². The number of benzene rings is 2. The van der Waals surface area contributed by atoms with E-state index in [1.165, 1.54) is 0 Å². The van der Waals surface area contributed by atoms with Crippen LogP contribution in [0.4, 0.5) is 5.69 Å². The summed E-state index contributed by atoms with van der Waals surface area (Å²) in [5.41, 5.74) is 3.65. The van der Waals surface area contributed by atoms with Gasteiger partial charge in [-0.05, 0) is 37.6 Å². The predicted octanol–water partition coefficient (Wildman–Crippen LogP) is 3.37. The molecule has 0 radical (unpaired) electrons. The van der Waals surface area contributed by atoms with E-state index in [0.29, 0.717) is 19.8 Å². The van der Waals surface area contributed by atoms with Gasteiger partial charge in [0, 0.05) is 11.1 Å². The Hall–Kier alpha value is -2.61. The zero-order valence-electron chi connectivity index (χ0n) is 15.2. The zero-order valence-corrected chi connectivity index (χ0v) is 15.2. The number of amides is 1. The maximum atomic E-state index is 12.8. The molecule has 0 spiro atoms. The molecule has 0 fully saturated rings. The number of para-hydroxylation sites is 1. The topological polar surface area (TPSA) is 38.8 Å². The quantitative estimate of drug-likeness (QED) is 0.593. The van der Waals surface area contributed by atoms with E-state index in [2.05, 4.69) is 11.8 Å². The first-order valence-electron chi connectivity index (χ1n) is 8.84. The number of ether oxygens (including phenoxy) is 2. The maximum absolute atomic E-state index is 12.8. The van der Waals surface area contributed by atoms with Crippen molar-refractivity contribution in [3.63, 3.8) is 0 Å². The molecule has 4 heteroatoms. The van der Waals surface area contributed by atoms with E-state index in [-0.39, 0.29) is 18.6 Å². The van der Waals surface area contributed by atoms with Crippen molar-refractivity contribution in [3.05, 3.63) is 65.2 Å². The highest BCUT2D eigenvalue weighted by molar-refractivity contribution is 5.96. The fraction of sp³-hybridized carbons (Fsp3) is 0.318. The molecule has 1 aliphatic heterocycles. The Balaban J connectivity index is 1.78. The van der Waals surface area contributed by atoms with E-state index >= 15 is 0 Å². The molecule has 2 aromatic carbocycles. The van der Waals surface area contributed by atoms with Crippen molar-refractivity contribution >= 4 is 11.6 Å². The van der Waals surface area contributed by atoms with Crippen LogP contribution in [0.2, 0.25) is 0 Å². The van der Waals surface area contributed by atoms with Gasteiger partial charge in [0.15, 0.2) is 0 Å². The van der Waals surface area contributed by atoms with Crippen LogP contribution in [0.5, 0.6) is 0 Å². The van der Waals surface area contributed by atoms with E-state index in [1.807, 2.05) is 62.4 Å². The van der Waals surface area contributed by atoms with Gasteiger partial charge in [0.25, 0.3) is 5.91 Å². The standard InChI is InChI=1S/C22H23NO3/c1-17(2)26-14-13-25-16-22(24)23-15-20-9-4-3-7-18(20)11-12-19-8-5-6-10-21(19)23/h3-10,17H,13-16H2,1-2H3. The van der Waals surface area contributed by atoms with Crippen LogP contribution in [-0.4, -0.2) is 31.8 Å². The second-order valence-electron chi connectivity index (χ2n) is 6.38. The van der Waals surface area contributed by atoms with Crippen molar-refractivity contribution in [1.82, 2.24) is 0 Å². The van der Waals surface area contributed by atoms with Gasteiger partial charge in [-0.3, -0.25) is 4.79 Å². The fourth-order valence-electron chi connectivity index (χ4n) is 2.79. The van der Waals surface area contributed by atoms with Crippen LogP contribution in [0, 0.1) is 11.8 Å². The van der Waals surface area contributed by atoms with Crippen LogP contribution in [-0.2, 0) is 20.8 Å². The normalized spacial score (nSPS) is 12.5. The molecule has 0 atom stereocenters. The van der Waals surface area contributed by atoms with Gasteiger partial charge in [-0.1, -0.05) is 42.2 Å². The molecule has 0 bridgehead atoms. The Morgan fingerprint density at radius 2 is 1.73 bits per heavy atom. The molecule has 26 heavy (non-hydrogen) atoms. The van der Waals surface area contributed by atoms with Crippen LogP contribution in [0.1, 0.15) is 30.5 Å². The van der Waals surface area contributed by atoms with Gasteiger partial charge in [0.05, 0.1) is 31.5 Å². The highest BCUT2D eigenvalue weighted by Gasteiger charge is 2.21. The second kappa shape index (κ2) is 8.66. The van der Waals surface area contributed by atoms with Gasteiger partial charge in [-0.2, -0.15) is 0 Å².